The van der Waals surface area contributed by atoms with Crippen LogP contribution in [0.25, 0.3) is 120 Å². The van der Waals surface area contributed by atoms with Crippen molar-refractivity contribution in [2.24, 2.45) is 0 Å². The van der Waals surface area contributed by atoms with Crippen LogP contribution in [0.15, 0.2) is 200 Å². The number of nitrogens with zero attached hydrogens (tertiary/aromatic N) is 5. The number of aromatic nitrogens is 5. The zero-order valence-electron chi connectivity index (χ0n) is 32.7. The maximum atomic E-state index is 5.45. The molecule has 13 aromatic rings. The van der Waals surface area contributed by atoms with Gasteiger partial charge in [0, 0.05) is 65.1 Å². The molecule has 0 amide bonds. The SMILES string of the molecule is c1ccc(-c2nc(-c3cc(-n4c5ccccc5c5ccccc54)cc(-n4c5ccccc5c5ccccc54)c3)cc(-c3c4ccccc4nc4c3sc3ccccc34)n2)cc1. The lowest BCUT2D eigenvalue weighted by Gasteiger charge is -2.17. The van der Waals surface area contributed by atoms with Gasteiger partial charge >= 0.3 is 0 Å². The molecular formula is C55H33N5S. The summed E-state index contributed by atoms with van der Waals surface area (Å²) in [6.45, 7) is 0. The summed E-state index contributed by atoms with van der Waals surface area (Å²) in [6, 6.07) is 71.3. The molecule has 5 aromatic heterocycles. The summed E-state index contributed by atoms with van der Waals surface area (Å²) in [4.78, 5) is 16.1. The summed E-state index contributed by atoms with van der Waals surface area (Å²) < 4.78 is 7.13. The highest BCUT2D eigenvalue weighted by Gasteiger charge is 2.22. The van der Waals surface area contributed by atoms with Crippen molar-refractivity contribution in [1.29, 1.82) is 0 Å². The van der Waals surface area contributed by atoms with Crippen LogP contribution in [0.1, 0.15) is 0 Å². The number of rotatable bonds is 5. The number of hydrogen-bond acceptors (Lipinski definition) is 4. The second-order valence-electron chi connectivity index (χ2n) is 15.6. The molecule has 0 aliphatic rings. The minimum atomic E-state index is 0.670. The highest BCUT2D eigenvalue weighted by atomic mass is 32.1. The molecule has 0 radical (unpaired) electrons. The van der Waals surface area contributed by atoms with Gasteiger partial charge in [-0.25, -0.2) is 15.0 Å². The molecule has 0 aliphatic carbocycles. The van der Waals surface area contributed by atoms with E-state index in [4.69, 9.17) is 15.0 Å². The van der Waals surface area contributed by atoms with Crippen molar-refractivity contribution in [2.75, 3.05) is 0 Å². The van der Waals surface area contributed by atoms with Crippen LogP contribution < -0.4 is 0 Å². The van der Waals surface area contributed by atoms with Gasteiger partial charge in [-0.05, 0) is 60.7 Å². The number of thiophene rings is 1. The highest BCUT2D eigenvalue weighted by Crippen LogP contribution is 2.44. The quantitative estimate of drug-likeness (QED) is 0.174. The third-order valence-corrected chi connectivity index (χ3v) is 13.3. The van der Waals surface area contributed by atoms with Crippen LogP contribution in [0, 0.1) is 0 Å². The van der Waals surface area contributed by atoms with Crippen LogP contribution in [-0.2, 0) is 0 Å². The topological polar surface area (TPSA) is 48.5 Å². The van der Waals surface area contributed by atoms with Gasteiger partial charge in [-0.15, -0.1) is 11.3 Å². The fourth-order valence-electron chi connectivity index (χ4n) is 9.43. The van der Waals surface area contributed by atoms with Crippen molar-refractivity contribution in [3.05, 3.63) is 200 Å². The molecule has 6 heteroatoms. The molecule has 61 heavy (non-hydrogen) atoms. The van der Waals surface area contributed by atoms with Crippen LogP contribution >= 0.6 is 11.3 Å². The van der Waals surface area contributed by atoms with Crippen molar-refractivity contribution >= 4 is 86.2 Å². The Bertz CT molecular complexity index is 3650. The summed E-state index contributed by atoms with van der Waals surface area (Å²) >= 11 is 1.78. The van der Waals surface area contributed by atoms with Gasteiger partial charge in [-0.1, -0.05) is 140 Å². The Morgan fingerprint density at radius 3 is 1.43 bits per heavy atom. The first-order chi connectivity index (χ1) is 30.2. The molecule has 5 heterocycles. The van der Waals surface area contributed by atoms with E-state index >= 15 is 0 Å². The van der Waals surface area contributed by atoms with Gasteiger partial charge in [-0.3, -0.25) is 0 Å². The standard InChI is InChI=1S/C55H33N5S/c1-2-16-34(17-3-1)55-57-45(33-46(58-55)52-42-22-4-10-24-44(42)56-53-43-23-9-15-29-51(43)61-54(52)53)35-30-36(59-47-25-11-5-18-38(47)39-19-6-12-26-48(39)59)32-37(31-35)60-49-27-13-7-20-40(49)41-21-8-14-28-50(41)60/h1-33H. The van der Waals surface area contributed by atoms with E-state index in [0.717, 1.165) is 88.0 Å². The second-order valence-corrected chi connectivity index (χ2v) is 16.6. The number of fused-ring (bicyclic) bond motifs is 10. The maximum Gasteiger partial charge on any atom is 0.160 e. The summed E-state index contributed by atoms with van der Waals surface area (Å²) in [6.07, 6.45) is 0. The van der Waals surface area contributed by atoms with Gasteiger partial charge in [0.2, 0.25) is 0 Å². The van der Waals surface area contributed by atoms with Gasteiger partial charge in [-0.2, -0.15) is 0 Å². The van der Waals surface area contributed by atoms with Crippen LogP contribution in [0.3, 0.4) is 0 Å². The Morgan fingerprint density at radius 2 is 0.836 bits per heavy atom. The number of benzene rings is 8. The largest absolute Gasteiger partial charge is 0.309 e. The van der Waals surface area contributed by atoms with Gasteiger partial charge in [0.15, 0.2) is 5.82 Å². The normalized spacial score (nSPS) is 11.9. The molecule has 0 N–H and O–H groups in total. The first kappa shape index (κ1) is 34.0. The number of para-hydroxylation sites is 5. The van der Waals surface area contributed by atoms with Crippen molar-refractivity contribution in [3.63, 3.8) is 0 Å². The first-order valence-corrected chi connectivity index (χ1v) is 21.3. The van der Waals surface area contributed by atoms with Crippen molar-refractivity contribution < 1.29 is 0 Å². The third-order valence-electron chi connectivity index (χ3n) is 12.1. The molecule has 8 aromatic carbocycles. The van der Waals surface area contributed by atoms with Crippen molar-refractivity contribution in [2.45, 2.75) is 0 Å². The van der Waals surface area contributed by atoms with Crippen LogP contribution in [0.5, 0.6) is 0 Å². The van der Waals surface area contributed by atoms with E-state index in [2.05, 4.69) is 203 Å². The smallest absolute Gasteiger partial charge is 0.160 e. The van der Waals surface area contributed by atoms with E-state index in [0.29, 0.717) is 5.82 Å². The molecule has 0 atom stereocenters. The van der Waals surface area contributed by atoms with E-state index in [1.165, 1.54) is 26.2 Å². The first-order valence-electron chi connectivity index (χ1n) is 20.5. The van der Waals surface area contributed by atoms with Crippen LogP contribution in [0.4, 0.5) is 0 Å². The van der Waals surface area contributed by atoms with Gasteiger partial charge in [0.1, 0.15) is 0 Å². The van der Waals surface area contributed by atoms with Crippen molar-refractivity contribution in [1.82, 2.24) is 24.1 Å². The second kappa shape index (κ2) is 13.3. The van der Waals surface area contributed by atoms with Crippen molar-refractivity contribution in [3.8, 4) is 45.3 Å². The van der Waals surface area contributed by atoms with Gasteiger partial charge in [0.05, 0.1) is 49.2 Å². The molecular weight excluding hydrogens is 763 g/mol. The maximum absolute atomic E-state index is 5.45. The molecule has 0 unspecified atom stereocenters. The van der Waals surface area contributed by atoms with Gasteiger partial charge < -0.3 is 9.13 Å². The van der Waals surface area contributed by atoms with Crippen LogP contribution in [-0.4, -0.2) is 24.1 Å². The van der Waals surface area contributed by atoms with Gasteiger partial charge in [0.25, 0.3) is 0 Å². The Kier molecular flexibility index (Phi) is 7.41. The molecule has 284 valence electrons. The lowest BCUT2D eigenvalue weighted by molar-refractivity contribution is 1.13. The summed E-state index contributed by atoms with van der Waals surface area (Å²) in [5, 5.41) is 7.09. The number of hydrogen-bond donors (Lipinski definition) is 0. The van der Waals surface area contributed by atoms with Crippen LogP contribution in [0.2, 0.25) is 0 Å². The molecule has 0 bridgehead atoms. The summed E-state index contributed by atoms with van der Waals surface area (Å²) in [7, 11) is 0. The molecule has 0 saturated heterocycles. The Hall–Kier alpha value is -7.93. The molecule has 0 saturated carbocycles. The molecule has 0 fully saturated rings. The Morgan fingerprint density at radius 1 is 0.361 bits per heavy atom. The molecule has 0 spiro atoms. The molecule has 5 nitrogen and oxygen atoms in total. The zero-order valence-corrected chi connectivity index (χ0v) is 33.5. The lowest BCUT2D eigenvalue weighted by atomic mass is 10.0. The lowest BCUT2D eigenvalue weighted by Crippen LogP contribution is -2.02. The summed E-state index contributed by atoms with van der Waals surface area (Å²) in [5.41, 5.74) is 13.4. The van der Waals surface area contributed by atoms with E-state index < -0.39 is 0 Å². The van der Waals surface area contributed by atoms with E-state index in [-0.39, 0.29) is 0 Å². The molecule has 0 aliphatic heterocycles. The predicted molar refractivity (Wildman–Crippen MR) is 255 cm³/mol. The third kappa shape index (κ3) is 5.22. The Labute approximate surface area is 354 Å². The average Bonchev–Trinajstić information content (AvgIpc) is 3.98. The van der Waals surface area contributed by atoms with E-state index in [1.807, 2.05) is 6.07 Å². The monoisotopic (exact) mass is 795 g/mol. The summed E-state index contributed by atoms with van der Waals surface area (Å²) in [5.74, 6) is 0.670. The zero-order chi connectivity index (χ0) is 40.0. The van der Waals surface area contributed by atoms with E-state index in [1.54, 1.807) is 11.3 Å². The minimum absolute atomic E-state index is 0.670. The predicted octanol–water partition coefficient (Wildman–Crippen LogP) is 14.6. The average molecular weight is 796 g/mol. The fraction of sp³-hybridized carbons (Fsp3) is 0. The molecule has 13 rings (SSSR count). The fourth-order valence-corrected chi connectivity index (χ4v) is 10.6. The Balaban J connectivity index is 1.15. The number of pyridine rings is 1. The highest BCUT2D eigenvalue weighted by molar-refractivity contribution is 7.26. The minimum Gasteiger partial charge on any atom is -0.309 e. The van der Waals surface area contributed by atoms with E-state index in [9.17, 15) is 0 Å².